The second-order valence-corrected chi connectivity index (χ2v) is 7.16. The van der Waals surface area contributed by atoms with Crippen LogP contribution in [0.5, 0.6) is 0 Å². The van der Waals surface area contributed by atoms with E-state index in [4.69, 9.17) is 11.6 Å². The molecule has 0 amide bonds. The van der Waals surface area contributed by atoms with Gasteiger partial charge in [0.25, 0.3) is 0 Å². The first-order valence-corrected chi connectivity index (χ1v) is 8.63. The van der Waals surface area contributed by atoms with Crippen LogP contribution in [0.4, 0.5) is 0 Å². The summed E-state index contributed by atoms with van der Waals surface area (Å²) in [5.74, 6) is 0.879. The van der Waals surface area contributed by atoms with Crippen LogP contribution in [0.25, 0.3) is 0 Å². The summed E-state index contributed by atoms with van der Waals surface area (Å²) < 4.78 is 0. The van der Waals surface area contributed by atoms with Crippen molar-refractivity contribution in [2.75, 3.05) is 0 Å². The van der Waals surface area contributed by atoms with Gasteiger partial charge in [0.15, 0.2) is 0 Å². The van der Waals surface area contributed by atoms with Gasteiger partial charge >= 0.3 is 0 Å². The van der Waals surface area contributed by atoms with Crippen LogP contribution in [0.1, 0.15) is 56.6 Å². The van der Waals surface area contributed by atoms with Crippen molar-refractivity contribution < 1.29 is 0 Å². The lowest BCUT2D eigenvalue weighted by molar-refractivity contribution is 0.311. The van der Waals surface area contributed by atoms with Crippen molar-refractivity contribution in [2.45, 2.75) is 70.4 Å². The Balaban J connectivity index is 1.56. The van der Waals surface area contributed by atoms with E-state index in [1.54, 1.807) is 0 Å². The minimum Gasteiger partial charge on any atom is -0.311 e. The van der Waals surface area contributed by atoms with Crippen LogP contribution in [0.3, 0.4) is 0 Å². The predicted molar refractivity (Wildman–Crippen MR) is 86.4 cm³/mol. The normalized spacial score (nSPS) is 25.2. The first-order chi connectivity index (χ1) is 9.72. The number of hydrogen-bond donors (Lipinski definition) is 1. The number of rotatable bonds is 3. The highest BCUT2D eigenvalue weighted by molar-refractivity contribution is 6.30. The molecule has 2 heteroatoms. The number of fused-ring (bicyclic) bond motifs is 1. The lowest BCUT2D eigenvalue weighted by Gasteiger charge is -2.27. The molecule has 1 aromatic rings. The number of nitrogens with one attached hydrogen (secondary N) is 1. The van der Waals surface area contributed by atoms with Crippen LogP contribution in [-0.2, 0) is 12.8 Å². The van der Waals surface area contributed by atoms with Gasteiger partial charge in [-0.05, 0) is 61.8 Å². The van der Waals surface area contributed by atoms with E-state index in [1.807, 2.05) is 6.07 Å². The maximum Gasteiger partial charge on any atom is 0.0408 e. The Morgan fingerprint density at radius 3 is 2.50 bits per heavy atom. The lowest BCUT2D eigenvalue weighted by atomic mass is 9.92. The molecule has 2 atom stereocenters. The lowest BCUT2D eigenvalue weighted by Crippen LogP contribution is -2.41. The average Bonchev–Trinajstić information content (AvgIpc) is 2.64. The van der Waals surface area contributed by atoms with E-state index in [2.05, 4.69) is 24.4 Å². The Labute approximate surface area is 128 Å². The fourth-order valence-electron chi connectivity index (χ4n) is 4.02. The van der Waals surface area contributed by atoms with Crippen LogP contribution in [0.2, 0.25) is 5.02 Å². The highest BCUT2D eigenvalue weighted by Gasteiger charge is 2.26. The van der Waals surface area contributed by atoms with Crippen molar-refractivity contribution in [2.24, 2.45) is 5.92 Å². The molecule has 110 valence electrons. The van der Waals surface area contributed by atoms with E-state index in [9.17, 15) is 0 Å². The molecule has 0 aromatic heterocycles. The number of hydrogen-bond acceptors (Lipinski definition) is 1. The summed E-state index contributed by atoms with van der Waals surface area (Å²) in [5, 5.41) is 4.78. The highest BCUT2D eigenvalue weighted by atomic mass is 35.5. The molecular formula is C18H26ClN. The Bertz CT molecular complexity index is 449. The minimum absolute atomic E-state index is 0.613. The summed E-state index contributed by atoms with van der Waals surface area (Å²) in [4.78, 5) is 0. The van der Waals surface area contributed by atoms with Crippen molar-refractivity contribution in [3.8, 4) is 0 Å². The fourth-order valence-corrected chi connectivity index (χ4v) is 4.22. The van der Waals surface area contributed by atoms with Crippen molar-refractivity contribution in [1.29, 1.82) is 0 Å². The summed E-state index contributed by atoms with van der Waals surface area (Å²) in [7, 11) is 0. The molecule has 3 rings (SSSR count). The fraction of sp³-hybridized carbons (Fsp3) is 0.667. The van der Waals surface area contributed by atoms with Gasteiger partial charge in [0.2, 0.25) is 0 Å². The summed E-state index contributed by atoms with van der Waals surface area (Å²) >= 11 is 6.10. The van der Waals surface area contributed by atoms with Gasteiger partial charge in [-0.3, -0.25) is 0 Å². The van der Waals surface area contributed by atoms with Gasteiger partial charge in [-0.15, -0.1) is 0 Å². The molecule has 0 heterocycles. The van der Waals surface area contributed by atoms with Crippen molar-refractivity contribution in [3.63, 3.8) is 0 Å². The van der Waals surface area contributed by atoms with E-state index in [-0.39, 0.29) is 0 Å². The van der Waals surface area contributed by atoms with E-state index in [1.165, 1.54) is 56.1 Å². The molecular weight excluding hydrogens is 266 g/mol. The molecule has 20 heavy (non-hydrogen) atoms. The number of benzene rings is 1. The first-order valence-electron chi connectivity index (χ1n) is 8.26. The van der Waals surface area contributed by atoms with Crippen LogP contribution in [-0.4, -0.2) is 12.1 Å². The zero-order chi connectivity index (χ0) is 13.9. The van der Waals surface area contributed by atoms with Crippen LogP contribution in [0, 0.1) is 5.92 Å². The Hall–Kier alpha value is -0.530. The van der Waals surface area contributed by atoms with Gasteiger partial charge in [0.1, 0.15) is 0 Å². The molecule has 1 aromatic carbocycles. The number of halogens is 1. The van der Waals surface area contributed by atoms with Gasteiger partial charge in [-0.2, -0.15) is 0 Å². The second-order valence-electron chi connectivity index (χ2n) is 6.73. The standard InChI is InChI=1S/C18H26ClN/c1-13(14-6-4-2-3-5-7-14)20-18-11-15-8-9-17(19)10-16(15)12-18/h8-10,13-14,18,20H,2-7,11-12H2,1H3/t13-,18?/m1/s1. The van der Waals surface area contributed by atoms with Crippen molar-refractivity contribution in [1.82, 2.24) is 5.32 Å². The molecule has 1 unspecified atom stereocenters. The second kappa shape index (κ2) is 6.49. The topological polar surface area (TPSA) is 12.0 Å². The highest BCUT2D eigenvalue weighted by Crippen LogP contribution is 2.29. The average molecular weight is 292 g/mol. The van der Waals surface area contributed by atoms with Gasteiger partial charge < -0.3 is 5.32 Å². The molecule has 0 saturated heterocycles. The molecule has 1 fully saturated rings. The molecule has 0 bridgehead atoms. The molecule has 1 nitrogen and oxygen atoms in total. The Kier molecular flexibility index (Phi) is 4.68. The zero-order valence-electron chi connectivity index (χ0n) is 12.5. The molecule has 2 aliphatic rings. The monoisotopic (exact) mass is 291 g/mol. The summed E-state index contributed by atoms with van der Waals surface area (Å²) in [5.41, 5.74) is 2.93. The quantitative estimate of drug-likeness (QED) is 0.792. The van der Waals surface area contributed by atoms with Gasteiger partial charge in [-0.1, -0.05) is 43.4 Å². The van der Waals surface area contributed by atoms with Gasteiger partial charge in [0.05, 0.1) is 0 Å². The van der Waals surface area contributed by atoms with E-state index in [0.717, 1.165) is 17.4 Å². The molecule has 2 aliphatic carbocycles. The van der Waals surface area contributed by atoms with Crippen molar-refractivity contribution in [3.05, 3.63) is 34.3 Å². The van der Waals surface area contributed by atoms with Crippen LogP contribution < -0.4 is 5.32 Å². The third kappa shape index (κ3) is 3.38. The third-order valence-corrected chi connectivity index (χ3v) is 5.44. The smallest absolute Gasteiger partial charge is 0.0408 e. The zero-order valence-corrected chi connectivity index (χ0v) is 13.3. The minimum atomic E-state index is 0.613. The summed E-state index contributed by atoms with van der Waals surface area (Å²) in [6, 6.07) is 7.65. The summed E-state index contributed by atoms with van der Waals surface area (Å²) in [6.45, 7) is 2.39. The van der Waals surface area contributed by atoms with Crippen LogP contribution >= 0.6 is 11.6 Å². The molecule has 1 N–H and O–H groups in total. The Morgan fingerprint density at radius 2 is 1.75 bits per heavy atom. The van der Waals surface area contributed by atoms with Crippen LogP contribution in [0.15, 0.2) is 18.2 Å². The van der Waals surface area contributed by atoms with E-state index in [0.29, 0.717) is 12.1 Å². The first kappa shape index (κ1) is 14.4. The third-order valence-electron chi connectivity index (χ3n) is 5.21. The largest absolute Gasteiger partial charge is 0.311 e. The maximum atomic E-state index is 6.10. The van der Waals surface area contributed by atoms with E-state index < -0.39 is 0 Å². The summed E-state index contributed by atoms with van der Waals surface area (Å²) in [6.07, 6.45) is 10.9. The van der Waals surface area contributed by atoms with Gasteiger partial charge in [-0.25, -0.2) is 0 Å². The molecule has 0 aliphatic heterocycles. The Morgan fingerprint density at radius 1 is 1.05 bits per heavy atom. The maximum absolute atomic E-state index is 6.10. The predicted octanol–water partition coefficient (Wildman–Crippen LogP) is 4.76. The van der Waals surface area contributed by atoms with E-state index >= 15 is 0 Å². The SMILES string of the molecule is C[C@@H](NC1Cc2ccc(Cl)cc2C1)C1CCCCCC1. The van der Waals surface area contributed by atoms with Crippen molar-refractivity contribution >= 4 is 11.6 Å². The molecule has 1 saturated carbocycles. The molecule has 0 radical (unpaired) electrons. The van der Waals surface area contributed by atoms with Gasteiger partial charge in [0, 0.05) is 17.1 Å². The molecule has 0 spiro atoms.